The van der Waals surface area contributed by atoms with Gasteiger partial charge < -0.3 is 4.79 Å². The van der Waals surface area contributed by atoms with Crippen LogP contribution >= 0.6 is 0 Å². The number of hydrogen-bond donors (Lipinski definition) is 0. The smallest absolute Gasteiger partial charge is 0.130 e. The summed E-state index contributed by atoms with van der Waals surface area (Å²) in [5.41, 5.74) is 4.03. The van der Waals surface area contributed by atoms with Gasteiger partial charge in [-0.25, -0.2) is 0 Å². The molecule has 88 valence electrons. The van der Waals surface area contributed by atoms with Crippen LogP contribution < -0.4 is 0 Å². The average Bonchev–Trinajstić information content (AvgIpc) is 2.15. The maximum absolute atomic E-state index is 10.9. The Balaban J connectivity index is 2.71. The molecule has 1 aromatic rings. The van der Waals surface area contributed by atoms with Gasteiger partial charge in [-0.3, -0.25) is 0 Å². The van der Waals surface area contributed by atoms with E-state index in [4.69, 9.17) is 0 Å². The van der Waals surface area contributed by atoms with Crippen LogP contribution in [0.25, 0.3) is 0 Å². The van der Waals surface area contributed by atoms with E-state index in [0.717, 1.165) is 12.8 Å². The summed E-state index contributed by atoms with van der Waals surface area (Å²) in [4.78, 5) is 10.9. The van der Waals surface area contributed by atoms with Gasteiger partial charge in [-0.05, 0) is 49.3 Å². The largest absolute Gasteiger partial charge is 0.300 e. The minimum atomic E-state index is 0.269. The molecule has 0 fully saturated rings. The van der Waals surface area contributed by atoms with Crippen LogP contribution in [-0.2, 0) is 17.6 Å². The van der Waals surface area contributed by atoms with Crippen molar-refractivity contribution in [2.24, 2.45) is 5.92 Å². The lowest BCUT2D eigenvalue weighted by Crippen LogP contribution is -1.99. The fourth-order valence-electron chi connectivity index (χ4n) is 1.95. The summed E-state index contributed by atoms with van der Waals surface area (Å²) in [6.45, 7) is 8.26. The Morgan fingerprint density at radius 1 is 1.31 bits per heavy atom. The first-order valence-corrected chi connectivity index (χ1v) is 6.07. The van der Waals surface area contributed by atoms with E-state index in [2.05, 4.69) is 39.0 Å². The summed E-state index contributed by atoms with van der Waals surface area (Å²) in [7, 11) is 0. The number of benzene rings is 1. The zero-order valence-corrected chi connectivity index (χ0v) is 10.8. The molecule has 0 saturated carbocycles. The molecule has 0 radical (unpaired) electrons. The molecule has 0 heterocycles. The van der Waals surface area contributed by atoms with Gasteiger partial charge in [0, 0.05) is 6.42 Å². The van der Waals surface area contributed by atoms with Gasteiger partial charge in [-0.15, -0.1) is 0 Å². The van der Waals surface area contributed by atoms with Gasteiger partial charge in [-0.2, -0.15) is 0 Å². The van der Waals surface area contributed by atoms with Crippen LogP contribution in [0.15, 0.2) is 18.2 Å². The molecular weight excluding hydrogens is 196 g/mol. The predicted molar refractivity (Wildman–Crippen MR) is 68.7 cm³/mol. The highest BCUT2D eigenvalue weighted by molar-refractivity contribution is 5.75. The standard InChI is InChI=1S/C15H22O/c1-11(2)9-14-6-8-15(12(3)10-14)7-5-13(4)16/h6,8,10-11H,5,7,9H2,1-4H3. The molecule has 1 heteroatoms. The van der Waals surface area contributed by atoms with E-state index in [1.165, 1.54) is 16.7 Å². The van der Waals surface area contributed by atoms with E-state index in [1.54, 1.807) is 6.92 Å². The van der Waals surface area contributed by atoms with Crippen LogP contribution in [0.2, 0.25) is 0 Å². The highest BCUT2D eigenvalue weighted by Crippen LogP contribution is 2.15. The lowest BCUT2D eigenvalue weighted by atomic mass is 9.96. The second-order valence-corrected chi connectivity index (χ2v) is 5.06. The van der Waals surface area contributed by atoms with Gasteiger partial charge in [-0.1, -0.05) is 32.0 Å². The van der Waals surface area contributed by atoms with Crippen LogP contribution in [-0.4, -0.2) is 5.78 Å². The molecule has 0 aliphatic heterocycles. The molecule has 0 unspecified atom stereocenters. The number of aryl methyl sites for hydroxylation is 2. The minimum Gasteiger partial charge on any atom is -0.300 e. The van der Waals surface area contributed by atoms with E-state index >= 15 is 0 Å². The maximum Gasteiger partial charge on any atom is 0.130 e. The third-order valence-electron chi connectivity index (χ3n) is 2.80. The summed E-state index contributed by atoms with van der Waals surface area (Å²) in [6.07, 6.45) is 2.67. The normalized spacial score (nSPS) is 10.8. The highest BCUT2D eigenvalue weighted by Gasteiger charge is 2.03. The fourth-order valence-corrected chi connectivity index (χ4v) is 1.95. The summed E-state index contributed by atoms with van der Waals surface area (Å²) in [6, 6.07) is 6.63. The number of Topliss-reactive ketones (excluding diaryl/α,β-unsaturated/α-hetero) is 1. The Bertz CT molecular complexity index is 364. The van der Waals surface area contributed by atoms with E-state index in [0.29, 0.717) is 12.3 Å². The molecule has 16 heavy (non-hydrogen) atoms. The zero-order valence-electron chi connectivity index (χ0n) is 10.8. The molecule has 1 rings (SSSR count). The second-order valence-electron chi connectivity index (χ2n) is 5.06. The fraction of sp³-hybridized carbons (Fsp3) is 0.533. The van der Waals surface area contributed by atoms with Crippen molar-refractivity contribution in [1.29, 1.82) is 0 Å². The average molecular weight is 218 g/mol. The van der Waals surface area contributed by atoms with E-state index < -0.39 is 0 Å². The van der Waals surface area contributed by atoms with Crippen molar-refractivity contribution in [3.63, 3.8) is 0 Å². The Labute approximate surface area is 98.9 Å². The van der Waals surface area contributed by atoms with Gasteiger partial charge >= 0.3 is 0 Å². The molecule has 0 saturated heterocycles. The molecule has 1 aromatic carbocycles. The Kier molecular flexibility index (Phi) is 4.72. The summed E-state index contributed by atoms with van der Waals surface area (Å²) < 4.78 is 0. The predicted octanol–water partition coefficient (Wildman–Crippen LogP) is 3.72. The van der Waals surface area contributed by atoms with Crippen LogP contribution in [0, 0.1) is 12.8 Å². The SMILES string of the molecule is CC(=O)CCc1ccc(CC(C)C)cc1C. The first-order chi connectivity index (χ1) is 7.49. The van der Waals surface area contributed by atoms with Crippen molar-refractivity contribution < 1.29 is 4.79 Å². The molecule has 0 N–H and O–H groups in total. The van der Waals surface area contributed by atoms with Crippen LogP contribution in [0.4, 0.5) is 0 Å². The van der Waals surface area contributed by atoms with E-state index in [1.807, 2.05) is 0 Å². The third-order valence-corrected chi connectivity index (χ3v) is 2.80. The molecule has 0 atom stereocenters. The molecule has 0 amide bonds. The van der Waals surface area contributed by atoms with Gasteiger partial charge in [0.25, 0.3) is 0 Å². The Morgan fingerprint density at radius 2 is 2.00 bits per heavy atom. The van der Waals surface area contributed by atoms with Gasteiger partial charge in [0.1, 0.15) is 5.78 Å². The molecule has 0 aromatic heterocycles. The summed E-state index contributed by atoms with van der Waals surface area (Å²) >= 11 is 0. The first kappa shape index (κ1) is 13.0. The summed E-state index contributed by atoms with van der Waals surface area (Å²) in [5, 5.41) is 0. The molecule has 0 bridgehead atoms. The minimum absolute atomic E-state index is 0.269. The number of ketones is 1. The van der Waals surface area contributed by atoms with Gasteiger partial charge in [0.15, 0.2) is 0 Å². The van der Waals surface area contributed by atoms with Gasteiger partial charge in [0.05, 0.1) is 0 Å². The Morgan fingerprint density at radius 3 is 2.50 bits per heavy atom. The monoisotopic (exact) mass is 218 g/mol. The lowest BCUT2D eigenvalue weighted by molar-refractivity contribution is -0.116. The second kappa shape index (κ2) is 5.83. The van der Waals surface area contributed by atoms with E-state index in [9.17, 15) is 4.79 Å². The lowest BCUT2D eigenvalue weighted by Gasteiger charge is -2.09. The number of hydrogen-bond acceptors (Lipinski definition) is 1. The Hall–Kier alpha value is -1.11. The van der Waals surface area contributed by atoms with Crippen LogP contribution in [0.1, 0.15) is 43.9 Å². The van der Waals surface area contributed by atoms with Crippen LogP contribution in [0.5, 0.6) is 0 Å². The van der Waals surface area contributed by atoms with Crippen molar-refractivity contribution in [2.75, 3.05) is 0 Å². The number of carbonyl (C=O) groups excluding carboxylic acids is 1. The van der Waals surface area contributed by atoms with Crippen molar-refractivity contribution in [1.82, 2.24) is 0 Å². The molecular formula is C15H22O. The molecule has 0 aliphatic rings. The molecule has 0 aliphatic carbocycles. The van der Waals surface area contributed by atoms with Gasteiger partial charge in [0.2, 0.25) is 0 Å². The third kappa shape index (κ3) is 4.18. The first-order valence-electron chi connectivity index (χ1n) is 6.07. The van der Waals surface area contributed by atoms with Crippen LogP contribution in [0.3, 0.4) is 0 Å². The summed E-state index contributed by atoms with van der Waals surface area (Å²) in [5.74, 6) is 0.966. The number of carbonyl (C=O) groups is 1. The van der Waals surface area contributed by atoms with E-state index in [-0.39, 0.29) is 5.78 Å². The van der Waals surface area contributed by atoms with Crippen molar-refractivity contribution in [3.05, 3.63) is 34.9 Å². The quantitative estimate of drug-likeness (QED) is 0.736. The highest BCUT2D eigenvalue weighted by atomic mass is 16.1. The van der Waals surface area contributed by atoms with Crippen molar-refractivity contribution in [3.8, 4) is 0 Å². The number of rotatable bonds is 5. The molecule has 0 spiro atoms. The zero-order chi connectivity index (χ0) is 12.1. The maximum atomic E-state index is 10.9. The van der Waals surface area contributed by atoms with Crippen molar-refractivity contribution >= 4 is 5.78 Å². The molecule has 1 nitrogen and oxygen atoms in total. The van der Waals surface area contributed by atoms with Crippen molar-refractivity contribution in [2.45, 2.75) is 47.0 Å². The topological polar surface area (TPSA) is 17.1 Å².